The predicted octanol–water partition coefficient (Wildman–Crippen LogP) is 5.14. The van der Waals surface area contributed by atoms with Crippen molar-refractivity contribution in [2.24, 2.45) is 0 Å². The molecule has 0 fully saturated rings. The maximum absolute atomic E-state index is 11.1. The molecule has 0 amide bonds. The monoisotopic (exact) mass is 400 g/mol. The van der Waals surface area contributed by atoms with Crippen LogP contribution in [0.2, 0.25) is 0 Å². The van der Waals surface area contributed by atoms with E-state index in [9.17, 15) is 4.79 Å². The highest BCUT2D eigenvalue weighted by atomic mass is 16.5. The van der Waals surface area contributed by atoms with Crippen molar-refractivity contribution in [3.05, 3.63) is 95.1 Å². The second-order valence-electron chi connectivity index (χ2n) is 7.23. The Balaban J connectivity index is 1.72. The Morgan fingerprint density at radius 2 is 1.63 bits per heavy atom. The lowest BCUT2D eigenvalue weighted by atomic mass is 10.1. The standard InChI is InChI=1S/C25H24N2O3/c1-19-4-2-5-21(14-19)17-27(13-12-25(28)29)18-22-6-3-7-24(15-22)30-23-10-8-20(16-26)9-11-23/h2-11,14-15H,12-13,17-18H2,1H3,(H,28,29). The highest BCUT2D eigenvalue weighted by Crippen LogP contribution is 2.23. The van der Waals surface area contributed by atoms with Crippen molar-refractivity contribution >= 4 is 5.97 Å². The first kappa shape index (κ1) is 21.1. The first-order valence-corrected chi connectivity index (χ1v) is 9.78. The van der Waals surface area contributed by atoms with Crippen molar-refractivity contribution < 1.29 is 14.6 Å². The average Bonchev–Trinajstić information content (AvgIpc) is 2.73. The van der Waals surface area contributed by atoms with Crippen LogP contribution >= 0.6 is 0 Å². The number of benzene rings is 3. The molecule has 0 aliphatic rings. The van der Waals surface area contributed by atoms with E-state index in [0.29, 0.717) is 36.7 Å². The molecule has 0 aliphatic carbocycles. The van der Waals surface area contributed by atoms with Crippen molar-refractivity contribution in [2.75, 3.05) is 6.54 Å². The van der Waals surface area contributed by atoms with Crippen LogP contribution in [0.4, 0.5) is 0 Å². The molecule has 0 bridgehead atoms. The van der Waals surface area contributed by atoms with Gasteiger partial charge in [-0.25, -0.2) is 0 Å². The van der Waals surface area contributed by atoms with Crippen LogP contribution in [0, 0.1) is 18.3 Å². The molecule has 0 unspecified atom stereocenters. The number of hydrogen-bond acceptors (Lipinski definition) is 4. The quantitative estimate of drug-likeness (QED) is 0.539. The SMILES string of the molecule is Cc1cccc(CN(CCC(=O)O)Cc2cccc(Oc3ccc(C#N)cc3)c2)c1. The molecule has 30 heavy (non-hydrogen) atoms. The van der Waals surface area contributed by atoms with Gasteiger partial charge in [-0.3, -0.25) is 9.69 Å². The molecule has 1 N–H and O–H groups in total. The van der Waals surface area contributed by atoms with Gasteiger partial charge in [0.15, 0.2) is 0 Å². The van der Waals surface area contributed by atoms with Crippen molar-refractivity contribution in [1.29, 1.82) is 5.26 Å². The molecule has 0 saturated carbocycles. The highest BCUT2D eigenvalue weighted by molar-refractivity contribution is 5.66. The van der Waals surface area contributed by atoms with Crippen molar-refractivity contribution in [1.82, 2.24) is 4.90 Å². The summed E-state index contributed by atoms with van der Waals surface area (Å²) in [7, 11) is 0. The number of ether oxygens (including phenoxy) is 1. The third-order valence-corrected chi connectivity index (χ3v) is 4.65. The molecule has 152 valence electrons. The zero-order valence-electron chi connectivity index (χ0n) is 16.9. The Morgan fingerprint density at radius 1 is 0.967 bits per heavy atom. The highest BCUT2D eigenvalue weighted by Gasteiger charge is 2.11. The molecule has 0 radical (unpaired) electrons. The smallest absolute Gasteiger partial charge is 0.304 e. The zero-order valence-corrected chi connectivity index (χ0v) is 16.9. The van der Waals surface area contributed by atoms with Gasteiger partial charge in [-0.1, -0.05) is 42.0 Å². The summed E-state index contributed by atoms with van der Waals surface area (Å²) in [5.74, 6) is 0.557. The number of aliphatic carboxylic acids is 1. The lowest BCUT2D eigenvalue weighted by Gasteiger charge is -2.22. The fraction of sp³-hybridized carbons (Fsp3) is 0.200. The number of carboxylic acid groups (broad SMARTS) is 1. The molecule has 0 aromatic heterocycles. The molecule has 5 heteroatoms. The lowest BCUT2D eigenvalue weighted by molar-refractivity contribution is -0.137. The van der Waals surface area contributed by atoms with E-state index in [1.165, 1.54) is 5.56 Å². The summed E-state index contributed by atoms with van der Waals surface area (Å²) in [4.78, 5) is 13.2. The summed E-state index contributed by atoms with van der Waals surface area (Å²) in [5, 5.41) is 18.0. The van der Waals surface area contributed by atoms with Gasteiger partial charge >= 0.3 is 5.97 Å². The second kappa shape index (κ2) is 10.2. The van der Waals surface area contributed by atoms with Crippen molar-refractivity contribution in [3.63, 3.8) is 0 Å². The fourth-order valence-corrected chi connectivity index (χ4v) is 3.24. The van der Waals surface area contributed by atoms with Crippen LogP contribution in [-0.4, -0.2) is 22.5 Å². The number of rotatable bonds is 9. The fourth-order valence-electron chi connectivity index (χ4n) is 3.24. The molecule has 0 heterocycles. The summed E-state index contributed by atoms with van der Waals surface area (Å²) in [5.41, 5.74) is 3.97. The normalized spacial score (nSPS) is 10.6. The minimum atomic E-state index is -0.804. The summed E-state index contributed by atoms with van der Waals surface area (Å²) in [6, 6.07) is 25.1. The van der Waals surface area contributed by atoms with Gasteiger partial charge in [0.1, 0.15) is 11.5 Å². The van der Waals surface area contributed by atoms with E-state index in [1.54, 1.807) is 24.3 Å². The Hall–Kier alpha value is -3.62. The summed E-state index contributed by atoms with van der Waals surface area (Å²) in [6.45, 7) is 3.81. The van der Waals surface area contributed by atoms with Crippen LogP contribution in [0.3, 0.4) is 0 Å². The predicted molar refractivity (Wildman–Crippen MR) is 115 cm³/mol. The van der Waals surface area contributed by atoms with Gasteiger partial charge in [-0.2, -0.15) is 5.26 Å². The molecular formula is C25H24N2O3. The summed E-state index contributed by atoms with van der Waals surface area (Å²) in [6.07, 6.45) is 0.0905. The van der Waals surface area contributed by atoms with Gasteiger partial charge in [-0.15, -0.1) is 0 Å². The van der Waals surface area contributed by atoms with Gasteiger partial charge in [0.2, 0.25) is 0 Å². The van der Waals surface area contributed by atoms with E-state index >= 15 is 0 Å². The molecule has 0 atom stereocenters. The molecule has 3 aromatic carbocycles. The number of hydrogen-bond donors (Lipinski definition) is 1. The van der Waals surface area contributed by atoms with Crippen LogP contribution < -0.4 is 4.74 Å². The van der Waals surface area contributed by atoms with E-state index in [4.69, 9.17) is 15.1 Å². The number of carbonyl (C=O) groups is 1. The first-order chi connectivity index (χ1) is 14.5. The molecular weight excluding hydrogens is 376 g/mol. The topological polar surface area (TPSA) is 73.6 Å². The molecule has 5 nitrogen and oxygen atoms in total. The number of aryl methyl sites for hydroxylation is 1. The molecule has 0 spiro atoms. The Labute approximate surface area is 176 Å². The van der Waals surface area contributed by atoms with Gasteiger partial charge in [0.25, 0.3) is 0 Å². The van der Waals surface area contributed by atoms with E-state index in [2.05, 4.69) is 36.1 Å². The van der Waals surface area contributed by atoms with Crippen LogP contribution in [-0.2, 0) is 17.9 Å². The summed E-state index contributed by atoms with van der Waals surface area (Å²) < 4.78 is 5.91. The second-order valence-corrected chi connectivity index (χ2v) is 7.23. The minimum absolute atomic E-state index is 0.0905. The average molecular weight is 400 g/mol. The van der Waals surface area contributed by atoms with Gasteiger partial charge < -0.3 is 9.84 Å². The Kier molecular flexibility index (Phi) is 7.20. The Morgan fingerprint density at radius 3 is 2.27 bits per heavy atom. The van der Waals surface area contributed by atoms with Crippen LogP contribution in [0.5, 0.6) is 11.5 Å². The van der Waals surface area contributed by atoms with E-state index < -0.39 is 5.97 Å². The van der Waals surface area contributed by atoms with E-state index in [0.717, 1.165) is 11.1 Å². The number of nitriles is 1. The van der Waals surface area contributed by atoms with Crippen molar-refractivity contribution in [3.8, 4) is 17.6 Å². The third kappa shape index (κ3) is 6.47. The molecule has 3 aromatic rings. The third-order valence-electron chi connectivity index (χ3n) is 4.65. The first-order valence-electron chi connectivity index (χ1n) is 9.78. The molecule has 3 rings (SSSR count). The summed E-state index contributed by atoms with van der Waals surface area (Å²) >= 11 is 0. The molecule has 0 aliphatic heterocycles. The van der Waals surface area contributed by atoms with Crippen molar-refractivity contribution in [2.45, 2.75) is 26.4 Å². The number of carboxylic acids is 1. The van der Waals surface area contributed by atoms with Crippen LogP contribution in [0.1, 0.15) is 28.7 Å². The molecule has 0 saturated heterocycles. The maximum Gasteiger partial charge on any atom is 0.304 e. The van der Waals surface area contributed by atoms with Crippen LogP contribution in [0.25, 0.3) is 0 Å². The minimum Gasteiger partial charge on any atom is -0.481 e. The Bertz CT molecular complexity index is 1040. The van der Waals surface area contributed by atoms with Gasteiger partial charge in [0, 0.05) is 19.6 Å². The van der Waals surface area contributed by atoms with Crippen LogP contribution in [0.15, 0.2) is 72.8 Å². The van der Waals surface area contributed by atoms with E-state index in [1.807, 2.05) is 30.3 Å². The zero-order chi connectivity index (χ0) is 21.3. The van der Waals surface area contributed by atoms with Gasteiger partial charge in [0.05, 0.1) is 18.1 Å². The largest absolute Gasteiger partial charge is 0.481 e. The number of nitrogens with zero attached hydrogens (tertiary/aromatic N) is 2. The lowest BCUT2D eigenvalue weighted by Crippen LogP contribution is -2.25. The van der Waals surface area contributed by atoms with Gasteiger partial charge in [-0.05, 0) is 54.4 Å². The van der Waals surface area contributed by atoms with E-state index in [-0.39, 0.29) is 6.42 Å². The maximum atomic E-state index is 11.1.